The molecule has 1 aromatic carbocycles. The van der Waals surface area contributed by atoms with Crippen molar-refractivity contribution in [1.29, 1.82) is 0 Å². The van der Waals surface area contributed by atoms with Gasteiger partial charge in [-0.1, -0.05) is 30.3 Å². The van der Waals surface area contributed by atoms with E-state index in [-0.39, 0.29) is 5.41 Å². The average molecular weight is 338 g/mol. The molecule has 5 heteroatoms. The van der Waals surface area contributed by atoms with Crippen LogP contribution < -0.4 is 0 Å². The van der Waals surface area contributed by atoms with E-state index in [4.69, 9.17) is 0 Å². The van der Waals surface area contributed by atoms with E-state index in [1.165, 1.54) is 5.56 Å². The summed E-state index contributed by atoms with van der Waals surface area (Å²) < 4.78 is 0. The quantitative estimate of drug-likeness (QED) is 0.932. The van der Waals surface area contributed by atoms with Crippen molar-refractivity contribution >= 4 is 5.91 Å². The van der Waals surface area contributed by atoms with Crippen molar-refractivity contribution in [2.45, 2.75) is 38.3 Å². The number of carbonyl (C=O) groups excluding carboxylic acids is 1. The van der Waals surface area contributed by atoms with Crippen LogP contribution in [0, 0.1) is 5.41 Å². The molecule has 0 unspecified atom stereocenters. The van der Waals surface area contributed by atoms with Crippen LogP contribution in [-0.4, -0.2) is 51.9 Å². The fourth-order valence-corrected chi connectivity index (χ4v) is 4.46. The fraction of sp³-hybridized carbons (Fsp3) is 0.500. The Morgan fingerprint density at radius 3 is 2.68 bits per heavy atom. The third kappa shape index (κ3) is 3.21. The molecule has 132 valence electrons. The van der Waals surface area contributed by atoms with E-state index in [1.807, 2.05) is 24.2 Å². The molecule has 1 aromatic heterocycles. The van der Waals surface area contributed by atoms with Gasteiger partial charge in [-0.15, -0.1) is 0 Å². The highest BCUT2D eigenvalue weighted by atomic mass is 16.2. The highest BCUT2D eigenvalue weighted by Gasteiger charge is 2.50. The van der Waals surface area contributed by atoms with Crippen LogP contribution in [0.15, 0.2) is 42.7 Å². The number of imidazole rings is 1. The molecule has 1 N–H and O–H groups in total. The van der Waals surface area contributed by atoms with Gasteiger partial charge >= 0.3 is 0 Å². The van der Waals surface area contributed by atoms with E-state index in [0.717, 1.165) is 51.1 Å². The van der Waals surface area contributed by atoms with Crippen LogP contribution >= 0.6 is 0 Å². The first-order chi connectivity index (χ1) is 12.2. The molecule has 2 aliphatic rings. The van der Waals surface area contributed by atoms with Gasteiger partial charge in [0.05, 0.1) is 12.0 Å². The summed E-state index contributed by atoms with van der Waals surface area (Å²) in [5, 5.41) is 0. The maximum atomic E-state index is 13.0. The molecule has 0 bridgehead atoms. The standard InChI is InChI=1S/C20H26N4O/c1-23-17(13-16-5-3-2-4-6-16)14-20(19(23)25)7-11-24(12-8-20)15-18-21-9-10-22-18/h2-6,9-10,17H,7-8,11-15H2,1H3,(H,21,22)/t17-/m0/s1. The van der Waals surface area contributed by atoms with Crippen LogP contribution in [0.25, 0.3) is 0 Å². The number of benzene rings is 1. The second kappa shape index (κ2) is 6.64. The average Bonchev–Trinajstić information content (AvgIpc) is 3.22. The van der Waals surface area contributed by atoms with Crippen molar-refractivity contribution < 1.29 is 4.79 Å². The monoisotopic (exact) mass is 338 g/mol. The number of rotatable bonds is 4. The number of amides is 1. The van der Waals surface area contributed by atoms with Gasteiger partial charge in [0, 0.05) is 25.5 Å². The van der Waals surface area contributed by atoms with Crippen molar-refractivity contribution in [2.75, 3.05) is 20.1 Å². The van der Waals surface area contributed by atoms with Gasteiger partial charge in [-0.25, -0.2) is 4.98 Å². The molecule has 25 heavy (non-hydrogen) atoms. The fourth-order valence-electron chi connectivity index (χ4n) is 4.46. The SMILES string of the molecule is CN1C(=O)C2(CCN(Cc3ncc[nH]3)CC2)C[C@@H]1Cc1ccccc1. The zero-order valence-corrected chi connectivity index (χ0v) is 14.8. The summed E-state index contributed by atoms with van der Waals surface area (Å²) in [6.07, 6.45) is 7.53. The molecular weight excluding hydrogens is 312 g/mol. The highest BCUT2D eigenvalue weighted by molar-refractivity contribution is 5.85. The first-order valence-corrected chi connectivity index (χ1v) is 9.18. The van der Waals surface area contributed by atoms with E-state index < -0.39 is 0 Å². The first kappa shape index (κ1) is 16.3. The van der Waals surface area contributed by atoms with Gasteiger partial charge in [0.15, 0.2) is 0 Å². The number of H-pyrrole nitrogens is 1. The van der Waals surface area contributed by atoms with Crippen LogP contribution in [-0.2, 0) is 17.8 Å². The number of piperidine rings is 1. The number of aromatic nitrogens is 2. The van der Waals surface area contributed by atoms with Crippen LogP contribution in [0.4, 0.5) is 0 Å². The summed E-state index contributed by atoms with van der Waals surface area (Å²) in [5.74, 6) is 1.36. The van der Waals surface area contributed by atoms with E-state index in [0.29, 0.717) is 11.9 Å². The number of hydrogen-bond donors (Lipinski definition) is 1. The van der Waals surface area contributed by atoms with Crippen molar-refractivity contribution in [1.82, 2.24) is 19.8 Å². The largest absolute Gasteiger partial charge is 0.348 e. The van der Waals surface area contributed by atoms with Crippen LogP contribution in [0.1, 0.15) is 30.7 Å². The Bertz CT molecular complexity index is 705. The van der Waals surface area contributed by atoms with Crippen molar-refractivity contribution in [2.24, 2.45) is 5.41 Å². The maximum absolute atomic E-state index is 13.0. The number of hydrogen-bond acceptors (Lipinski definition) is 3. The second-order valence-corrected chi connectivity index (χ2v) is 7.56. The Labute approximate surface area is 149 Å². The molecule has 3 heterocycles. The summed E-state index contributed by atoms with van der Waals surface area (Å²) in [4.78, 5) is 24.9. The lowest BCUT2D eigenvalue weighted by molar-refractivity contribution is -0.137. The molecule has 1 amide bonds. The molecule has 2 saturated heterocycles. The Hall–Kier alpha value is -2.14. The Balaban J connectivity index is 1.40. The van der Waals surface area contributed by atoms with E-state index >= 15 is 0 Å². The topological polar surface area (TPSA) is 52.2 Å². The molecule has 2 fully saturated rings. The van der Waals surface area contributed by atoms with Crippen LogP contribution in [0.5, 0.6) is 0 Å². The van der Waals surface area contributed by atoms with E-state index in [2.05, 4.69) is 39.1 Å². The summed E-state index contributed by atoms with van der Waals surface area (Å²) in [7, 11) is 1.99. The molecule has 2 aromatic rings. The van der Waals surface area contributed by atoms with Gasteiger partial charge in [-0.05, 0) is 44.3 Å². The Morgan fingerprint density at radius 1 is 1.24 bits per heavy atom. The van der Waals surface area contributed by atoms with Gasteiger partial charge in [-0.3, -0.25) is 9.69 Å². The van der Waals surface area contributed by atoms with Crippen molar-refractivity contribution in [3.63, 3.8) is 0 Å². The molecule has 5 nitrogen and oxygen atoms in total. The van der Waals surface area contributed by atoms with Crippen molar-refractivity contribution in [3.05, 3.63) is 54.1 Å². The highest BCUT2D eigenvalue weighted by Crippen LogP contribution is 2.44. The Morgan fingerprint density at radius 2 is 2.00 bits per heavy atom. The van der Waals surface area contributed by atoms with Crippen molar-refractivity contribution in [3.8, 4) is 0 Å². The molecule has 1 atom stereocenters. The third-order valence-electron chi connectivity index (χ3n) is 6.00. The zero-order chi connectivity index (χ0) is 17.3. The molecular formula is C20H26N4O. The first-order valence-electron chi connectivity index (χ1n) is 9.18. The lowest BCUT2D eigenvalue weighted by atomic mass is 9.75. The molecule has 1 spiro atoms. The predicted octanol–water partition coefficient (Wildman–Crippen LogP) is 2.47. The summed E-state index contributed by atoms with van der Waals surface area (Å²) in [5.41, 5.74) is 1.17. The minimum absolute atomic E-state index is 0.145. The number of nitrogens with one attached hydrogen (secondary N) is 1. The third-order valence-corrected chi connectivity index (χ3v) is 6.00. The van der Waals surface area contributed by atoms with Crippen LogP contribution in [0.3, 0.4) is 0 Å². The number of likely N-dealkylation sites (N-methyl/N-ethyl adjacent to an activating group) is 1. The van der Waals surface area contributed by atoms with Gasteiger partial charge in [0.25, 0.3) is 0 Å². The predicted molar refractivity (Wildman–Crippen MR) is 96.9 cm³/mol. The van der Waals surface area contributed by atoms with Gasteiger partial charge < -0.3 is 9.88 Å². The lowest BCUT2D eigenvalue weighted by Gasteiger charge is -2.37. The number of nitrogens with zero attached hydrogens (tertiary/aromatic N) is 3. The van der Waals surface area contributed by atoms with Crippen LogP contribution in [0.2, 0.25) is 0 Å². The minimum atomic E-state index is -0.145. The van der Waals surface area contributed by atoms with E-state index in [1.54, 1.807) is 6.20 Å². The van der Waals surface area contributed by atoms with Gasteiger partial charge in [0.1, 0.15) is 5.82 Å². The number of carbonyl (C=O) groups is 1. The number of aromatic amines is 1. The number of likely N-dealkylation sites (tertiary alicyclic amines) is 2. The summed E-state index contributed by atoms with van der Waals surface area (Å²) in [6, 6.07) is 10.9. The lowest BCUT2D eigenvalue weighted by Crippen LogP contribution is -2.44. The van der Waals surface area contributed by atoms with Gasteiger partial charge in [-0.2, -0.15) is 0 Å². The van der Waals surface area contributed by atoms with E-state index in [9.17, 15) is 4.79 Å². The second-order valence-electron chi connectivity index (χ2n) is 7.56. The molecule has 0 saturated carbocycles. The van der Waals surface area contributed by atoms with Gasteiger partial charge in [0.2, 0.25) is 5.91 Å². The zero-order valence-electron chi connectivity index (χ0n) is 14.8. The minimum Gasteiger partial charge on any atom is -0.348 e. The maximum Gasteiger partial charge on any atom is 0.228 e. The molecule has 2 aliphatic heterocycles. The molecule has 0 aliphatic carbocycles. The normalized spacial score (nSPS) is 23.5. The Kier molecular flexibility index (Phi) is 4.34. The summed E-state index contributed by atoms with van der Waals surface area (Å²) >= 11 is 0. The molecule has 4 rings (SSSR count). The molecule has 0 radical (unpaired) electrons. The summed E-state index contributed by atoms with van der Waals surface area (Å²) in [6.45, 7) is 2.79. The smallest absolute Gasteiger partial charge is 0.228 e.